The summed E-state index contributed by atoms with van der Waals surface area (Å²) in [6.07, 6.45) is 5.36. The minimum Gasteiger partial charge on any atom is -0.355 e. The lowest BCUT2D eigenvalue weighted by Crippen LogP contribution is -2.43. The van der Waals surface area contributed by atoms with E-state index in [1.807, 2.05) is 54.7 Å². The van der Waals surface area contributed by atoms with Crippen LogP contribution in [0.3, 0.4) is 0 Å². The molecule has 1 aliphatic heterocycles. The normalized spacial score (nSPS) is 15.2. The van der Waals surface area contributed by atoms with Crippen molar-refractivity contribution in [2.24, 2.45) is 0 Å². The second-order valence-corrected chi connectivity index (χ2v) is 9.41. The van der Waals surface area contributed by atoms with Crippen molar-refractivity contribution in [3.8, 4) is 22.5 Å². The van der Waals surface area contributed by atoms with E-state index in [1.54, 1.807) is 11.2 Å². The molecule has 3 heterocycles. The zero-order valence-corrected chi connectivity index (χ0v) is 20.3. The van der Waals surface area contributed by atoms with Gasteiger partial charge in [0.25, 0.3) is 0 Å². The largest absolute Gasteiger partial charge is 0.355 e. The number of hydrogen-bond donors (Lipinski definition) is 3. The minimum absolute atomic E-state index is 0.00659. The van der Waals surface area contributed by atoms with Gasteiger partial charge in [-0.15, -0.1) is 0 Å². The molecule has 7 heteroatoms. The number of aromatic amines is 2. The fraction of sp³-hybridized carbons (Fsp3) is 0.167. The molecule has 0 saturated carbocycles. The first-order valence-corrected chi connectivity index (χ1v) is 12.5. The smallest absolute Gasteiger partial charge is 0.247 e. The molecule has 2 aromatic heterocycles. The Balaban J connectivity index is 1.15. The lowest BCUT2D eigenvalue weighted by molar-refractivity contribution is -0.136. The van der Waals surface area contributed by atoms with Gasteiger partial charge in [0.05, 0.1) is 18.4 Å². The second kappa shape index (κ2) is 9.78. The number of imidazole rings is 1. The predicted molar refractivity (Wildman–Crippen MR) is 145 cm³/mol. The van der Waals surface area contributed by atoms with Crippen LogP contribution in [-0.4, -0.2) is 44.3 Å². The summed E-state index contributed by atoms with van der Waals surface area (Å²) < 4.78 is 0. The molecule has 37 heavy (non-hydrogen) atoms. The molecule has 0 radical (unpaired) electrons. The molecule has 3 aromatic carbocycles. The van der Waals surface area contributed by atoms with Gasteiger partial charge in [-0.25, -0.2) is 4.98 Å². The number of rotatable bonds is 6. The number of anilines is 1. The third kappa shape index (κ3) is 4.76. The lowest BCUT2D eigenvalue weighted by atomic mass is 10.1. The number of hydrogen-bond acceptors (Lipinski definition) is 3. The molecular formula is C30H27N5O2. The maximum atomic E-state index is 13.2. The van der Waals surface area contributed by atoms with E-state index in [0.29, 0.717) is 19.4 Å². The van der Waals surface area contributed by atoms with Gasteiger partial charge in [-0.05, 0) is 48.2 Å². The lowest BCUT2D eigenvalue weighted by Gasteiger charge is -2.24. The minimum atomic E-state index is -0.443. The Labute approximate surface area is 214 Å². The zero-order chi connectivity index (χ0) is 25.2. The highest BCUT2D eigenvalue weighted by Gasteiger charge is 2.34. The van der Waals surface area contributed by atoms with Gasteiger partial charge in [-0.2, -0.15) is 0 Å². The van der Waals surface area contributed by atoms with Crippen molar-refractivity contribution in [3.05, 3.63) is 97.0 Å². The number of benzene rings is 3. The van der Waals surface area contributed by atoms with Crippen molar-refractivity contribution in [1.29, 1.82) is 0 Å². The monoisotopic (exact) mass is 489 g/mol. The van der Waals surface area contributed by atoms with E-state index in [9.17, 15) is 9.59 Å². The molecule has 1 atom stereocenters. The summed E-state index contributed by atoms with van der Waals surface area (Å²) in [5, 5.41) is 4.05. The van der Waals surface area contributed by atoms with Gasteiger partial charge >= 0.3 is 0 Å². The topological polar surface area (TPSA) is 93.9 Å². The fourth-order valence-electron chi connectivity index (χ4n) is 5.04. The first-order valence-electron chi connectivity index (χ1n) is 12.5. The van der Waals surface area contributed by atoms with Crippen molar-refractivity contribution < 1.29 is 9.59 Å². The van der Waals surface area contributed by atoms with E-state index in [1.165, 1.54) is 0 Å². The Kier molecular flexibility index (Phi) is 6.02. The van der Waals surface area contributed by atoms with Crippen LogP contribution in [0.5, 0.6) is 0 Å². The number of amides is 2. The molecule has 0 unspecified atom stereocenters. The van der Waals surface area contributed by atoms with Gasteiger partial charge in [-0.3, -0.25) is 9.59 Å². The summed E-state index contributed by atoms with van der Waals surface area (Å²) in [4.78, 5) is 38.5. The van der Waals surface area contributed by atoms with E-state index in [0.717, 1.165) is 51.1 Å². The van der Waals surface area contributed by atoms with Crippen molar-refractivity contribution in [2.75, 3.05) is 11.9 Å². The molecule has 1 saturated heterocycles. The highest BCUT2D eigenvalue weighted by molar-refractivity contribution is 5.99. The number of likely N-dealkylation sites (tertiary alicyclic amines) is 1. The summed E-state index contributed by atoms with van der Waals surface area (Å²) in [5.74, 6) is -0.143. The summed E-state index contributed by atoms with van der Waals surface area (Å²) in [7, 11) is 0. The van der Waals surface area contributed by atoms with Crippen molar-refractivity contribution in [3.63, 3.8) is 0 Å². The average Bonchev–Trinajstić information content (AvgIpc) is 3.70. The van der Waals surface area contributed by atoms with Gasteiger partial charge in [0, 0.05) is 40.6 Å². The predicted octanol–water partition coefficient (Wildman–Crippen LogP) is 5.40. The van der Waals surface area contributed by atoms with Crippen LogP contribution in [0.15, 0.2) is 91.4 Å². The van der Waals surface area contributed by atoms with Crippen molar-refractivity contribution in [1.82, 2.24) is 19.9 Å². The summed E-state index contributed by atoms with van der Waals surface area (Å²) >= 11 is 0. The number of fused-ring (bicyclic) bond motifs is 1. The number of nitrogens with one attached hydrogen (secondary N) is 3. The summed E-state index contributed by atoms with van der Waals surface area (Å²) in [6, 6.07) is 25.4. The molecule has 0 spiro atoms. The number of carbonyl (C=O) groups excluding carboxylic acids is 2. The van der Waals surface area contributed by atoms with Crippen LogP contribution in [0.2, 0.25) is 0 Å². The van der Waals surface area contributed by atoms with Crippen LogP contribution >= 0.6 is 0 Å². The molecular weight excluding hydrogens is 462 g/mol. The third-order valence-corrected chi connectivity index (χ3v) is 6.95. The molecule has 6 rings (SSSR count). The van der Waals surface area contributed by atoms with E-state index in [2.05, 4.69) is 50.6 Å². The number of carbonyl (C=O) groups is 2. The van der Waals surface area contributed by atoms with Crippen LogP contribution in [0.1, 0.15) is 18.4 Å². The number of nitrogens with zero attached hydrogens (tertiary/aromatic N) is 2. The molecule has 184 valence electrons. The zero-order valence-electron chi connectivity index (χ0n) is 20.3. The Morgan fingerprint density at radius 2 is 1.78 bits per heavy atom. The molecule has 0 aliphatic carbocycles. The Morgan fingerprint density at radius 3 is 2.57 bits per heavy atom. The van der Waals surface area contributed by atoms with E-state index >= 15 is 0 Å². The molecule has 2 amide bonds. The van der Waals surface area contributed by atoms with Crippen LogP contribution in [0.25, 0.3) is 33.4 Å². The highest BCUT2D eigenvalue weighted by Crippen LogP contribution is 2.28. The second-order valence-electron chi connectivity index (χ2n) is 9.41. The number of H-pyrrole nitrogens is 2. The first-order chi connectivity index (χ1) is 18.1. The third-order valence-electron chi connectivity index (χ3n) is 6.95. The maximum absolute atomic E-state index is 13.2. The average molecular weight is 490 g/mol. The van der Waals surface area contributed by atoms with Gasteiger partial charge in [0.15, 0.2) is 0 Å². The van der Waals surface area contributed by atoms with E-state index in [4.69, 9.17) is 0 Å². The molecule has 7 nitrogen and oxygen atoms in total. The van der Waals surface area contributed by atoms with E-state index in [-0.39, 0.29) is 11.8 Å². The Hall–Kier alpha value is -4.65. The van der Waals surface area contributed by atoms with Gasteiger partial charge in [0.1, 0.15) is 6.04 Å². The molecule has 3 N–H and O–H groups in total. The van der Waals surface area contributed by atoms with Crippen LogP contribution in [-0.2, 0) is 16.0 Å². The van der Waals surface area contributed by atoms with Crippen LogP contribution < -0.4 is 5.32 Å². The molecule has 0 bridgehead atoms. The standard InChI is InChI=1S/C30H27N5O2/c36-29(15-20-5-2-1-3-6-20)35-14-4-7-28(35)30(37)33-24-12-13-25-23(16-24)17-26(34-25)21-8-10-22(11-9-21)27-18-31-19-32-27/h1-3,5-6,8-13,16-19,28,34H,4,7,14-15H2,(H,31,32)(H,33,37)/t28-/m0/s1. The van der Waals surface area contributed by atoms with Crippen molar-refractivity contribution in [2.45, 2.75) is 25.3 Å². The first kappa shape index (κ1) is 22.8. The molecule has 5 aromatic rings. The fourth-order valence-corrected chi connectivity index (χ4v) is 5.04. The van der Waals surface area contributed by atoms with Crippen molar-refractivity contribution >= 4 is 28.4 Å². The number of aromatic nitrogens is 3. The quantitative estimate of drug-likeness (QED) is 0.298. The SMILES string of the molecule is O=C(Nc1ccc2[nH]c(-c3ccc(-c4c[nH]cn4)cc3)cc2c1)[C@@H]1CCCN1C(=O)Cc1ccccc1. The van der Waals surface area contributed by atoms with Crippen LogP contribution in [0.4, 0.5) is 5.69 Å². The van der Waals surface area contributed by atoms with Gasteiger partial charge in [-0.1, -0.05) is 54.6 Å². The Bertz CT molecular complexity index is 1540. The van der Waals surface area contributed by atoms with Gasteiger partial charge < -0.3 is 20.2 Å². The summed E-state index contributed by atoms with van der Waals surface area (Å²) in [6.45, 7) is 0.614. The molecule has 1 aliphatic rings. The van der Waals surface area contributed by atoms with E-state index < -0.39 is 6.04 Å². The summed E-state index contributed by atoms with van der Waals surface area (Å²) in [5.41, 5.74) is 6.70. The molecule has 1 fully saturated rings. The van der Waals surface area contributed by atoms with Gasteiger partial charge in [0.2, 0.25) is 11.8 Å². The van der Waals surface area contributed by atoms with Crippen LogP contribution in [0, 0.1) is 0 Å². The highest BCUT2D eigenvalue weighted by atomic mass is 16.2. The Morgan fingerprint density at radius 1 is 0.973 bits per heavy atom. The maximum Gasteiger partial charge on any atom is 0.247 e.